The van der Waals surface area contributed by atoms with E-state index in [2.05, 4.69) is 18.7 Å². The van der Waals surface area contributed by atoms with Crippen LogP contribution < -0.4 is 11.2 Å². The number of rotatable bonds is 7. The van der Waals surface area contributed by atoms with Crippen LogP contribution >= 0.6 is 0 Å². The molecule has 0 fully saturated rings. The quantitative estimate of drug-likeness (QED) is 0.692. The van der Waals surface area contributed by atoms with Gasteiger partial charge in [-0.15, -0.1) is 0 Å². The van der Waals surface area contributed by atoms with Crippen LogP contribution in [-0.2, 0) is 13.6 Å². The van der Waals surface area contributed by atoms with Gasteiger partial charge in [0.2, 0.25) is 0 Å². The second kappa shape index (κ2) is 7.28. The Labute approximate surface area is 114 Å². The topological polar surface area (TPSA) is 47.2 Å². The van der Waals surface area contributed by atoms with Crippen molar-refractivity contribution in [2.24, 2.45) is 7.05 Å². The Morgan fingerprint density at radius 3 is 2.37 bits per heavy atom. The van der Waals surface area contributed by atoms with Gasteiger partial charge < -0.3 is 4.90 Å². The van der Waals surface area contributed by atoms with Crippen LogP contribution in [0.5, 0.6) is 0 Å². The third-order valence-electron chi connectivity index (χ3n) is 3.61. The van der Waals surface area contributed by atoms with E-state index >= 15 is 0 Å². The number of hydrogen-bond donors (Lipinski definition) is 0. The van der Waals surface area contributed by atoms with Crippen molar-refractivity contribution in [1.82, 2.24) is 14.0 Å². The van der Waals surface area contributed by atoms with Gasteiger partial charge in [-0.2, -0.15) is 0 Å². The molecule has 0 saturated carbocycles. The number of hydrogen-bond acceptors (Lipinski definition) is 3. The summed E-state index contributed by atoms with van der Waals surface area (Å²) in [6.07, 6.45) is 2.02. The van der Waals surface area contributed by atoms with Crippen molar-refractivity contribution in [1.29, 1.82) is 0 Å². The number of unbranched alkanes of at least 4 members (excludes halogenated alkanes) is 1. The molecule has 1 aromatic rings. The maximum absolute atomic E-state index is 12.0. The molecule has 5 nitrogen and oxygen atoms in total. The average molecular weight is 267 g/mol. The van der Waals surface area contributed by atoms with Gasteiger partial charge in [0, 0.05) is 25.4 Å². The molecule has 1 aromatic heterocycles. The SMILES string of the molecule is CCN(CC)CCCCn1c(C)cc(=O)n(C)c1=O. The number of aromatic nitrogens is 2. The van der Waals surface area contributed by atoms with E-state index in [4.69, 9.17) is 0 Å². The highest BCUT2D eigenvalue weighted by Crippen LogP contribution is 1.99. The fourth-order valence-corrected chi connectivity index (χ4v) is 2.20. The van der Waals surface area contributed by atoms with Crippen LogP contribution in [0.3, 0.4) is 0 Å². The largest absolute Gasteiger partial charge is 0.330 e. The molecule has 0 unspecified atom stereocenters. The first-order valence-corrected chi connectivity index (χ1v) is 7.01. The van der Waals surface area contributed by atoms with Gasteiger partial charge in [0.25, 0.3) is 5.56 Å². The lowest BCUT2D eigenvalue weighted by Gasteiger charge is -2.18. The fourth-order valence-electron chi connectivity index (χ4n) is 2.20. The van der Waals surface area contributed by atoms with Gasteiger partial charge in [-0.25, -0.2) is 4.79 Å². The highest BCUT2D eigenvalue weighted by Gasteiger charge is 2.05. The Bertz CT molecular complexity index is 512. The maximum Gasteiger partial charge on any atom is 0.330 e. The van der Waals surface area contributed by atoms with E-state index in [0.29, 0.717) is 6.54 Å². The maximum atomic E-state index is 12.0. The average Bonchev–Trinajstić information content (AvgIpc) is 2.39. The van der Waals surface area contributed by atoms with Crippen LogP contribution in [0.4, 0.5) is 0 Å². The summed E-state index contributed by atoms with van der Waals surface area (Å²) in [4.78, 5) is 25.8. The molecule has 0 aliphatic carbocycles. The van der Waals surface area contributed by atoms with Gasteiger partial charge in [-0.3, -0.25) is 13.9 Å². The molecule has 108 valence electrons. The van der Waals surface area contributed by atoms with E-state index in [1.54, 1.807) is 4.57 Å². The van der Waals surface area contributed by atoms with Gasteiger partial charge in [-0.05, 0) is 39.4 Å². The molecule has 0 aliphatic rings. The number of nitrogens with zero attached hydrogens (tertiary/aromatic N) is 3. The van der Waals surface area contributed by atoms with Gasteiger partial charge in [0.15, 0.2) is 0 Å². The minimum Gasteiger partial charge on any atom is -0.304 e. The summed E-state index contributed by atoms with van der Waals surface area (Å²) >= 11 is 0. The molecule has 0 aliphatic heterocycles. The minimum absolute atomic E-state index is 0.215. The van der Waals surface area contributed by atoms with Gasteiger partial charge >= 0.3 is 5.69 Å². The van der Waals surface area contributed by atoms with Crippen LogP contribution in [0.15, 0.2) is 15.7 Å². The molecule has 0 saturated heterocycles. The second-order valence-corrected chi connectivity index (χ2v) is 4.85. The Morgan fingerprint density at radius 1 is 1.16 bits per heavy atom. The minimum atomic E-state index is -0.234. The van der Waals surface area contributed by atoms with Crippen molar-refractivity contribution >= 4 is 0 Å². The molecule has 0 bridgehead atoms. The third-order valence-corrected chi connectivity index (χ3v) is 3.61. The predicted octanol–water partition coefficient (Wildman–Crippen LogP) is 0.977. The molecule has 0 aromatic carbocycles. The Balaban J connectivity index is 2.62. The van der Waals surface area contributed by atoms with Crippen LogP contribution in [0.1, 0.15) is 32.4 Å². The molecule has 1 rings (SSSR count). The first kappa shape index (κ1) is 15.7. The smallest absolute Gasteiger partial charge is 0.304 e. The van der Waals surface area contributed by atoms with Crippen molar-refractivity contribution in [3.63, 3.8) is 0 Å². The lowest BCUT2D eigenvalue weighted by atomic mass is 10.2. The van der Waals surface area contributed by atoms with Crippen LogP contribution in [-0.4, -0.2) is 33.7 Å². The summed E-state index contributed by atoms with van der Waals surface area (Å²) in [7, 11) is 1.52. The molecule has 19 heavy (non-hydrogen) atoms. The summed E-state index contributed by atoms with van der Waals surface area (Å²) in [5, 5.41) is 0. The van der Waals surface area contributed by atoms with Crippen molar-refractivity contribution in [3.8, 4) is 0 Å². The van der Waals surface area contributed by atoms with Gasteiger partial charge in [-0.1, -0.05) is 13.8 Å². The zero-order valence-corrected chi connectivity index (χ0v) is 12.5. The Hall–Kier alpha value is -1.36. The molecule has 0 atom stereocenters. The molecule has 0 N–H and O–H groups in total. The number of aryl methyl sites for hydroxylation is 1. The molecule has 0 radical (unpaired) electrons. The second-order valence-electron chi connectivity index (χ2n) is 4.85. The molecule has 1 heterocycles. The summed E-state index contributed by atoms with van der Waals surface area (Å²) in [6.45, 7) is 10.0. The molecule has 5 heteroatoms. The standard InChI is InChI=1S/C14H25N3O2/c1-5-16(6-2)9-7-8-10-17-12(3)11-13(18)15(4)14(17)19/h11H,5-10H2,1-4H3. The molecule has 0 amide bonds. The van der Waals surface area contributed by atoms with E-state index in [1.165, 1.54) is 13.1 Å². The van der Waals surface area contributed by atoms with E-state index in [9.17, 15) is 9.59 Å². The van der Waals surface area contributed by atoms with Crippen molar-refractivity contribution in [2.45, 2.75) is 40.2 Å². The molecular formula is C14H25N3O2. The van der Waals surface area contributed by atoms with Crippen molar-refractivity contribution in [3.05, 3.63) is 32.6 Å². The first-order chi connectivity index (χ1) is 9.01. The summed E-state index contributed by atoms with van der Waals surface area (Å²) in [5.74, 6) is 0. The monoisotopic (exact) mass is 267 g/mol. The highest BCUT2D eigenvalue weighted by atomic mass is 16.2. The summed E-state index contributed by atoms with van der Waals surface area (Å²) < 4.78 is 2.85. The molecule has 0 spiro atoms. The van der Waals surface area contributed by atoms with Crippen molar-refractivity contribution < 1.29 is 0 Å². The van der Waals surface area contributed by atoms with Crippen LogP contribution in [0.2, 0.25) is 0 Å². The third kappa shape index (κ3) is 4.06. The predicted molar refractivity (Wildman–Crippen MR) is 77.7 cm³/mol. The summed E-state index contributed by atoms with van der Waals surface area (Å²) in [5.41, 5.74) is 0.297. The van der Waals surface area contributed by atoms with E-state index < -0.39 is 0 Å². The lowest BCUT2D eigenvalue weighted by Crippen LogP contribution is -2.38. The van der Waals surface area contributed by atoms with E-state index in [-0.39, 0.29) is 11.2 Å². The zero-order valence-electron chi connectivity index (χ0n) is 12.5. The van der Waals surface area contributed by atoms with E-state index in [0.717, 1.165) is 42.7 Å². The Kier molecular flexibility index (Phi) is 6.02. The van der Waals surface area contributed by atoms with Crippen LogP contribution in [0.25, 0.3) is 0 Å². The lowest BCUT2D eigenvalue weighted by molar-refractivity contribution is 0.293. The zero-order chi connectivity index (χ0) is 14.4. The normalized spacial score (nSPS) is 11.2. The fraction of sp³-hybridized carbons (Fsp3) is 0.714. The first-order valence-electron chi connectivity index (χ1n) is 7.01. The summed E-state index contributed by atoms with van der Waals surface area (Å²) in [6, 6.07) is 1.52. The van der Waals surface area contributed by atoms with Crippen LogP contribution in [0, 0.1) is 6.92 Å². The van der Waals surface area contributed by atoms with Gasteiger partial charge in [0.1, 0.15) is 0 Å². The highest BCUT2D eigenvalue weighted by molar-refractivity contribution is 4.99. The van der Waals surface area contributed by atoms with E-state index in [1.807, 2.05) is 6.92 Å². The molecular weight excluding hydrogens is 242 g/mol. The van der Waals surface area contributed by atoms with Crippen molar-refractivity contribution in [2.75, 3.05) is 19.6 Å². The van der Waals surface area contributed by atoms with Gasteiger partial charge in [0.05, 0.1) is 0 Å². The Morgan fingerprint density at radius 2 is 1.79 bits per heavy atom.